The van der Waals surface area contributed by atoms with Crippen molar-refractivity contribution in [3.63, 3.8) is 0 Å². The van der Waals surface area contributed by atoms with Gasteiger partial charge in [0.15, 0.2) is 0 Å². The van der Waals surface area contributed by atoms with Crippen molar-refractivity contribution in [1.82, 2.24) is 0 Å². The molecule has 1 N–H and O–H groups in total. The summed E-state index contributed by atoms with van der Waals surface area (Å²) in [6.07, 6.45) is 0.618. The van der Waals surface area contributed by atoms with E-state index in [9.17, 15) is 5.11 Å². The van der Waals surface area contributed by atoms with Crippen molar-refractivity contribution in [2.24, 2.45) is 0 Å². The third-order valence-corrected chi connectivity index (χ3v) is 5.29. The zero-order chi connectivity index (χ0) is 20.2. The van der Waals surface area contributed by atoms with Crippen molar-refractivity contribution < 1.29 is 14.6 Å². The van der Waals surface area contributed by atoms with E-state index in [0.29, 0.717) is 6.42 Å². The third-order valence-electron chi connectivity index (χ3n) is 5.29. The van der Waals surface area contributed by atoms with E-state index in [2.05, 4.69) is 48.5 Å². The van der Waals surface area contributed by atoms with Gasteiger partial charge in [-0.3, -0.25) is 0 Å². The molecule has 146 valence electrons. The van der Waals surface area contributed by atoms with Gasteiger partial charge in [0.25, 0.3) is 0 Å². The van der Waals surface area contributed by atoms with Crippen LogP contribution in [0.25, 0.3) is 33.0 Å². The van der Waals surface area contributed by atoms with Gasteiger partial charge in [-0.1, -0.05) is 48.5 Å². The monoisotopic (exact) mass is 384 g/mol. The van der Waals surface area contributed by atoms with Gasteiger partial charge in [-0.2, -0.15) is 0 Å². The molecule has 0 atom stereocenters. The maximum absolute atomic E-state index is 9.62. The molecular formula is C26H24O3. The highest BCUT2D eigenvalue weighted by Gasteiger charge is 2.15. The summed E-state index contributed by atoms with van der Waals surface area (Å²) in [4.78, 5) is 0. The van der Waals surface area contributed by atoms with Gasteiger partial charge in [0.1, 0.15) is 11.5 Å². The van der Waals surface area contributed by atoms with Crippen LogP contribution in [0, 0.1) is 0 Å². The van der Waals surface area contributed by atoms with Gasteiger partial charge in [0.05, 0.1) is 14.2 Å². The van der Waals surface area contributed by atoms with E-state index >= 15 is 0 Å². The van der Waals surface area contributed by atoms with Gasteiger partial charge < -0.3 is 14.6 Å². The number of methoxy groups -OCH3 is 2. The summed E-state index contributed by atoms with van der Waals surface area (Å²) in [6, 6.07) is 26.9. The van der Waals surface area contributed by atoms with Gasteiger partial charge in [-0.25, -0.2) is 0 Å². The molecule has 0 aliphatic carbocycles. The SMILES string of the molecule is COc1ccc(-c2cc(CCO)c3ccccc3c2-c2ccc(OC)cc2)cc1. The number of ether oxygens (including phenoxy) is 2. The zero-order valence-corrected chi connectivity index (χ0v) is 16.7. The second-order valence-corrected chi connectivity index (χ2v) is 6.93. The Hall–Kier alpha value is -3.30. The molecule has 0 unspecified atom stereocenters. The molecule has 3 heteroatoms. The van der Waals surface area contributed by atoms with Crippen molar-refractivity contribution in [1.29, 1.82) is 0 Å². The van der Waals surface area contributed by atoms with Crippen LogP contribution < -0.4 is 9.47 Å². The molecule has 0 spiro atoms. The van der Waals surface area contributed by atoms with Gasteiger partial charge in [0, 0.05) is 6.61 Å². The Morgan fingerprint density at radius 3 is 1.79 bits per heavy atom. The van der Waals surface area contributed by atoms with Crippen LogP contribution in [0.4, 0.5) is 0 Å². The Bertz CT molecular complexity index is 1110. The molecule has 0 radical (unpaired) electrons. The molecular weight excluding hydrogens is 360 g/mol. The van der Waals surface area contributed by atoms with Gasteiger partial charge in [-0.15, -0.1) is 0 Å². The average molecular weight is 384 g/mol. The molecule has 0 fully saturated rings. The van der Waals surface area contributed by atoms with Crippen LogP contribution in [0.5, 0.6) is 11.5 Å². The van der Waals surface area contributed by atoms with E-state index < -0.39 is 0 Å². The molecule has 4 aromatic rings. The molecule has 0 aliphatic heterocycles. The molecule has 0 bridgehead atoms. The summed E-state index contributed by atoms with van der Waals surface area (Å²) in [6.45, 7) is 0.119. The summed E-state index contributed by atoms with van der Waals surface area (Å²) in [5, 5.41) is 12.0. The maximum atomic E-state index is 9.62. The predicted molar refractivity (Wildman–Crippen MR) is 119 cm³/mol. The molecule has 0 heterocycles. The normalized spacial score (nSPS) is 10.9. The Balaban J connectivity index is 2.02. The van der Waals surface area contributed by atoms with Crippen LogP contribution in [0.1, 0.15) is 5.56 Å². The molecule has 4 rings (SSSR count). The smallest absolute Gasteiger partial charge is 0.118 e. The largest absolute Gasteiger partial charge is 0.497 e. The Kier molecular flexibility index (Phi) is 5.50. The molecule has 0 aromatic heterocycles. The molecule has 0 amide bonds. The molecule has 0 aliphatic rings. The molecule has 4 aromatic carbocycles. The van der Waals surface area contributed by atoms with Crippen molar-refractivity contribution >= 4 is 10.8 Å². The Morgan fingerprint density at radius 2 is 1.24 bits per heavy atom. The number of rotatable bonds is 6. The van der Waals surface area contributed by atoms with Crippen LogP contribution >= 0.6 is 0 Å². The van der Waals surface area contributed by atoms with E-state index in [4.69, 9.17) is 9.47 Å². The molecule has 0 saturated heterocycles. The van der Waals surface area contributed by atoms with Crippen molar-refractivity contribution in [2.75, 3.05) is 20.8 Å². The summed E-state index contributed by atoms with van der Waals surface area (Å²) in [5.74, 6) is 1.66. The van der Waals surface area contributed by atoms with Gasteiger partial charge >= 0.3 is 0 Å². The van der Waals surface area contributed by atoms with Crippen LogP contribution in [0.3, 0.4) is 0 Å². The number of aliphatic hydroxyl groups is 1. The standard InChI is InChI=1S/C26H24O3/c1-28-21-11-7-18(8-12-21)25-17-20(15-16-27)23-5-3-4-6-24(23)26(25)19-9-13-22(29-2)14-10-19/h3-14,17,27H,15-16H2,1-2H3. The number of benzene rings is 4. The Morgan fingerprint density at radius 1 is 0.690 bits per heavy atom. The van der Waals surface area contributed by atoms with E-state index in [1.165, 1.54) is 16.3 Å². The minimum Gasteiger partial charge on any atom is -0.497 e. The number of hydrogen-bond donors (Lipinski definition) is 1. The summed E-state index contributed by atoms with van der Waals surface area (Å²) in [5.41, 5.74) is 5.70. The lowest BCUT2D eigenvalue weighted by molar-refractivity contribution is 0.300. The van der Waals surface area contributed by atoms with Crippen LogP contribution in [0.2, 0.25) is 0 Å². The first-order chi connectivity index (χ1) is 14.2. The first kappa shape index (κ1) is 19.0. The number of hydrogen-bond acceptors (Lipinski definition) is 3. The maximum Gasteiger partial charge on any atom is 0.118 e. The lowest BCUT2D eigenvalue weighted by Crippen LogP contribution is -1.97. The van der Waals surface area contributed by atoms with E-state index in [-0.39, 0.29) is 6.61 Å². The minimum absolute atomic E-state index is 0.119. The zero-order valence-electron chi connectivity index (χ0n) is 16.7. The van der Waals surface area contributed by atoms with Crippen LogP contribution in [-0.4, -0.2) is 25.9 Å². The fourth-order valence-corrected chi connectivity index (χ4v) is 3.84. The average Bonchev–Trinajstić information content (AvgIpc) is 2.79. The lowest BCUT2D eigenvalue weighted by Gasteiger charge is -2.18. The number of fused-ring (bicyclic) bond motifs is 1. The highest BCUT2D eigenvalue weighted by atomic mass is 16.5. The quantitative estimate of drug-likeness (QED) is 0.462. The fraction of sp³-hybridized carbons (Fsp3) is 0.154. The lowest BCUT2D eigenvalue weighted by atomic mass is 9.86. The van der Waals surface area contributed by atoms with E-state index in [0.717, 1.165) is 33.8 Å². The van der Waals surface area contributed by atoms with Crippen LogP contribution in [-0.2, 0) is 6.42 Å². The minimum atomic E-state index is 0.119. The molecule has 3 nitrogen and oxygen atoms in total. The second kappa shape index (κ2) is 8.38. The first-order valence-electron chi connectivity index (χ1n) is 9.69. The van der Waals surface area contributed by atoms with Crippen LogP contribution in [0.15, 0.2) is 78.9 Å². The number of aliphatic hydroxyl groups excluding tert-OH is 1. The molecule has 29 heavy (non-hydrogen) atoms. The van der Waals surface area contributed by atoms with E-state index in [1.807, 2.05) is 30.3 Å². The highest BCUT2D eigenvalue weighted by Crippen LogP contribution is 2.41. The van der Waals surface area contributed by atoms with Crippen molar-refractivity contribution in [2.45, 2.75) is 6.42 Å². The fourth-order valence-electron chi connectivity index (χ4n) is 3.84. The first-order valence-corrected chi connectivity index (χ1v) is 9.69. The summed E-state index contributed by atoms with van der Waals surface area (Å²) >= 11 is 0. The summed E-state index contributed by atoms with van der Waals surface area (Å²) in [7, 11) is 3.35. The predicted octanol–water partition coefficient (Wildman–Crippen LogP) is 5.73. The summed E-state index contributed by atoms with van der Waals surface area (Å²) < 4.78 is 10.7. The van der Waals surface area contributed by atoms with Gasteiger partial charge in [0.2, 0.25) is 0 Å². The third kappa shape index (κ3) is 3.69. The van der Waals surface area contributed by atoms with Crippen molar-refractivity contribution in [3.05, 3.63) is 84.4 Å². The van der Waals surface area contributed by atoms with Gasteiger partial charge in [-0.05, 0) is 75.3 Å². The van der Waals surface area contributed by atoms with Crippen molar-refractivity contribution in [3.8, 4) is 33.8 Å². The Labute approximate surface area is 171 Å². The molecule has 0 saturated carbocycles. The highest BCUT2D eigenvalue weighted by molar-refractivity contribution is 6.05. The van der Waals surface area contributed by atoms with E-state index in [1.54, 1.807) is 14.2 Å². The topological polar surface area (TPSA) is 38.7 Å². The second-order valence-electron chi connectivity index (χ2n) is 6.93.